The second-order valence-corrected chi connectivity index (χ2v) is 7.27. The first-order chi connectivity index (χ1) is 14.9. The number of halogens is 3. The average Bonchev–Trinajstić information content (AvgIpc) is 2.78. The fourth-order valence-electron chi connectivity index (χ4n) is 3.34. The molecule has 2 aromatic heterocycles. The van der Waals surface area contributed by atoms with Crippen molar-refractivity contribution < 1.29 is 17.9 Å². The minimum absolute atomic E-state index is 0.216. The summed E-state index contributed by atoms with van der Waals surface area (Å²) < 4.78 is 44.1. The van der Waals surface area contributed by atoms with Crippen LogP contribution >= 0.6 is 0 Å². The van der Waals surface area contributed by atoms with E-state index >= 15 is 0 Å². The van der Waals surface area contributed by atoms with Gasteiger partial charge in [-0.3, -0.25) is 0 Å². The molecule has 3 heterocycles. The molecule has 0 unspecified atom stereocenters. The second-order valence-electron chi connectivity index (χ2n) is 7.27. The molecule has 162 valence electrons. The number of nitrogens with one attached hydrogen (secondary N) is 1. The number of hydrogen-bond acceptors (Lipinski definition) is 6. The molecule has 0 spiro atoms. The molecule has 0 bridgehead atoms. The molecule has 0 amide bonds. The van der Waals surface area contributed by atoms with Crippen LogP contribution in [0.4, 0.5) is 24.8 Å². The Labute approximate surface area is 178 Å². The SMILES string of the molecule is Cc1cc(NCc2cccc(C(F)(F)F)c2)nc(-c2ccc(N3CCOCC3)nc2)n1. The number of alkyl halides is 3. The van der Waals surface area contributed by atoms with Crippen LogP contribution in [0.5, 0.6) is 0 Å². The van der Waals surface area contributed by atoms with Crippen LogP contribution in [0, 0.1) is 6.92 Å². The second kappa shape index (κ2) is 8.89. The molecule has 1 aliphatic heterocycles. The maximum Gasteiger partial charge on any atom is 0.416 e. The summed E-state index contributed by atoms with van der Waals surface area (Å²) in [6, 6.07) is 10.8. The molecule has 3 aromatic rings. The van der Waals surface area contributed by atoms with E-state index in [0.717, 1.165) is 42.3 Å². The van der Waals surface area contributed by atoms with Gasteiger partial charge in [0.1, 0.15) is 11.6 Å². The number of benzene rings is 1. The largest absolute Gasteiger partial charge is 0.416 e. The van der Waals surface area contributed by atoms with E-state index in [9.17, 15) is 13.2 Å². The molecule has 1 fully saturated rings. The first kappa shape index (κ1) is 21.0. The van der Waals surface area contributed by atoms with Crippen molar-refractivity contribution in [3.63, 3.8) is 0 Å². The summed E-state index contributed by atoms with van der Waals surface area (Å²) >= 11 is 0. The van der Waals surface area contributed by atoms with Crippen molar-refractivity contribution in [2.24, 2.45) is 0 Å². The quantitative estimate of drug-likeness (QED) is 0.652. The van der Waals surface area contributed by atoms with E-state index in [1.807, 2.05) is 19.1 Å². The lowest BCUT2D eigenvalue weighted by Gasteiger charge is -2.27. The summed E-state index contributed by atoms with van der Waals surface area (Å²) in [4.78, 5) is 15.7. The van der Waals surface area contributed by atoms with Crippen molar-refractivity contribution >= 4 is 11.6 Å². The van der Waals surface area contributed by atoms with Gasteiger partial charge in [0, 0.05) is 43.2 Å². The summed E-state index contributed by atoms with van der Waals surface area (Å²) in [6.07, 6.45) is -2.63. The Bertz CT molecular complexity index is 1030. The Morgan fingerprint density at radius 2 is 1.87 bits per heavy atom. The Morgan fingerprint density at radius 1 is 1.06 bits per heavy atom. The molecular weight excluding hydrogens is 407 g/mol. The van der Waals surface area contributed by atoms with Crippen LogP contribution in [0.1, 0.15) is 16.8 Å². The molecular formula is C22H22F3N5O. The van der Waals surface area contributed by atoms with E-state index in [1.54, 1.807) is 18.3 Å². The maximum atomic E-state index is 12.9. The number of rotatable bonds is 5. The maximum absolute atomic E-state index is 12.9. The number of pyridine rings is 1. The predicted molar refractivity (Wildman–Crippen MR) is 112 cm³/mol. The van der Waals surface area contributed by atoms with Gasteiger partial charge in [-0.2, -0.15) is 13.2 Å². The fraction of sp³-hybridized carbons (Fsp3) is 0.318. The van der Waals surface area contributed by atoms with Crippen molar-refractivity contribution in [2.45, 2.75) is 19.6 Å². The molecule has 1 N–H and O–H groups in total. The molecule has 4 rings (SSSR count). The fourth-order valence-corrected chi connectivity index (χ4v) is 3.34. The van der Waals surface area contributed by atoms with E-state index in [-0.39, 0.29) is 6.54 Å². The molecule has 6 nitrogen and oxygen atoms in total. The van der Waals surface area contributed by atoms with Gasteiger partial charge >= 0.3 is 6.18 Å². The predicted octanol–water partition coefficient (Wildman–Crippen LogP) is 4.31. The number of ether oxygens (including phenoxy) is 1. The van der Waals surface area contributed by atoms with Crippen molar-refractivity contribution in [3.8, 4) is 11.4 Å². The standard InChI is InChI=1S/C22H22F3N5O/c1-15-11-19(26-13-16-3-2-4-18(12-16)22(23,24)25)29-21(28-15)17-5-6-20(27-14-17)30-7-9-31-10-8-30/h2-6,11-12,14H,7-10,13H2,1H3,(H,26,28,29). The van der Waals surface area contributed by atoms with E-state index in [1.165, 1.54) is 6.07 Å². The van der Waals surface area contributed by atoms with Crippen LogP contribution in [0.15, 0.2) is 48.7 Å². The first-order valence-corrected chi connectivity index (χ1v) is 9.93. The highest BCUT2D eigenvalue weighted by Crippen LogP contribution is 2.29. The molecule has 0 aliphatic carbocycles. The zero-order chi connectivity index (χ0) is 21.8. The number of nitrogens with zero attached hydrogens (tertiary/aromatic N) is 4. The molecule has 1 aromatic carbocycles. The molecule has 9 heteroatoms. The van der Waals surface area contributed by atoms with Gasteiger partial charge in [-0.15, -0.1) is 0 Å². The minimum atomic E-state index is -4.37. The van der Waals surface area contributed by atoms with Crippen molar-refractivity contribution in [3.05, 3.63) is 65.5 Å². The summed E-state index contributed by atoms with van der Waals surface area (Å²) in [6.45, 7) is 5.04. The Hall–Kier alpha value is -3.20. The molecule has 0 saturated carbocycles. The zero-order valence-corrected chi connectivity index (χ0v) is 17.0. The van der Waals surface area contributed by atoms with Crippen molar-refractivity contribution in [1.82, 2.24) is 15.0 Å². The smallest absolute Gasteiger partial charge is 0.378 e. The van der Waals surface area contributed by atoms with E-state index in [4.69, 9.17) is 4.74 Å². The lowest BCUT2D eigenvalue weighted by Crippen LogP contribution is -2.36. The molecule has 0 atom stereocenters. The van der Waals surface area contributed by atoms with Crippen LogP contribution in [0.3, 0.4) is 0 Å². The average molecular weight is 429 g/mol. The van der Waals surface area contributed by atoms with Crippen LogP contribution in [0.25, 0.3) is 11.4 Å². The van der Waals surface area contributed by atoms with E-state index in [2.05, 4.69) is 25.2 Å². The normalized spacial score (nSPS) is 14.5. The minimum Gasteiger partial charge on any atom is -0.378 e. The highest BCUT2D eigenvalue weighted by Gasteiger charge is 2.30. The van der Waals surface area contributed by atoms with Crippen LogP contribution < -0.4 is 10.2 Å². The molecule has 31 heavy (non-hydrogen) atoms. The highest BCUT2D eigenvalue weighted by atomic mass is 19.4. The third kappa shape index (κ3) is 5.29. The third-order valence-electron chi connectivity index (χ3n) is 4.92. The Kier molecular flexibility index (Phi) is 6.03. The van der Waals surface area contributed by atoms with Gasteiger partial charge < -0.3 is 15.0 Å². The zero-order valence-electron chi connectivity index (χ0n) is 17.0. The summed E-state index contributed by atoms with van der Waals surface area (Å²) in [7, 11) is 0. The van der Waals surface area contributed by atoms with E-state index in [0.29, 0.717) is 30.4 Å². The van der Waals surface area contributed by atoms with Gasteiger partial charge in [0.15, 0.2) is 5.82 Å². The Morgan fingerprint density at radius 3 is 2.58 bits per heavy atom. The highest BCUT2D eigenvalue weighted by molar-refractivity contribution is 5.59. The lowest BCUT2D eigenvalue weighted by atomic mass is 10.1. The van der Waals surface area contributed by atoms with Gasteiger partial charge in [-0.1, -0.05) is 12.1 Å². The van der Waals surface area contributed by atoms with Crippen LogP contribution in [-0.2, 0) is 17.5 Å². The van der Waals surface area contributed by atoms with Gasteiger partial charge in [-0.05, 0) is 36.8 Å². The number of anilines is 2. The van der Waals surface area contributed by atoms with Gasteiger partial charge in [-0.25, -0.2) is 15.0 Å². The van der Waals surface area contributed by atoms with E-state index < -0.39 is 11.7 Å². The number of hydrogen-bond donors (Lipinski definition) is 1. The molecule has 0 radical (unpaired) electrons. The summed E-state index contributed by atoms with van der Waals surface area (Å²) in [5, 5.41) is 3.09. The van der Waals surface area contributed by atoms with Crippen LogP contribution in [0.2, 0.25) is 0 Å². The number of morpholine rings is 1. The number of aryl methyl sites for hydroxylation is 1. The first-order valence-electron chi connectivity index (χ1n) is 9.93. The topological polar surface area (TPSA) is 63.2 Å². The third-order valence-corrected chi connectivity index (χ3v) is 4.92. The molecule has 1 saturated heterocycles. The Balaban J connectivity index is 1.48. The summed E-state index contributed by atoms with van der Waals surface area (Å²) in [5.74, 6) is 1.92. The van der Waals surface area contributed by atoms with Gasteiger partial charge in [0.2, 0.25) is 0 Å². The number of aromatic nitrogens is 3. The van der Waals surface area contributed by atoms with Crippen LogP contribution in [-0.4, -0.2) is 41.3 Å². The van der Waals surface area contributed by atoms with Crippen molar-refractivity contribution in [1.29, 1.82) is 0 Å². The molecule has 1 aliphatic rings. The van der Waals surface area contributed by atoms with Gasteiger partial charge in [0.25, 0.3) is 0 Å². The van der Waals surface area contributed by atoms with Gasteiger partial charge in [0.05, 0.1) is 18.8 Å². The summed E-state index contributed by atoms with van der Waals surface area (Å²) in [5.41, 5.74) is 1.36. The monoisotopic (exact) mass is 429 g/mol. The van der Waals surface area contributed by atoms with Crippen molar-refractivity contribution in [2.75, 3.05) is 36.5 Å². The lowest BCUT2D eigenvalue weighted by molar-refractivity contribution is -0.137.